The van der Waals surface area contributed by atoms with E-state index < -0.39 is 5.60 Å². The molecule has 3 heterocycles. The first kappa shape index (κ1) is 25.6. The second-order valence-electron chi connectivity index (χ2n) is 9.79. The Bertz CT molecular complexity index is 1480. The van der Waals surface area contributed by atoms with E-state index in [2.05, 4.69) is 15.5 Å². The van der Waals surface area contributed by atoms with Crippen LogP contribution in [0, 0.1) is 6.92 Å². The van der Waals surface area contributed by atoms with Crippen molar-refractivity contribution in [1.82, 2.24) is 20.5 Å². The summed E-state index contributed by atoms with van der Waals surface area (Å²) in [6.45, 7) is 5.87. The van der Waals surface area contributed by atoms with Gasteiger partial charge in [-0.25, -0.2) is 4.98 Å². The summed E-state index contributed by atoms with van der Waals surface area (Å²) in [5, 5.41) is 11.7. The molecule has 0 radical (unpaired) electrons. The van der Waals surface area contributed by atoms with Gasteiger partial charge in [0.15, 0.2) is 0 Å². The second kappa shape index (κ2) is 10.0. The molecule has 0 fully saturated rings. The molecular weight excluding hydrogens is 531 g/mol. The first-order chi connectivity index (χ1) is 17.6. The normalized spacial score (nSPS) is 16.1. The molecule has 6 nitrogen and oxygen atoms in total. The molecule has 0 saturated carbocycles. The molecule has 2 aromatic heterocycles. The van der Waals surface area contributed by atoms with Gasteiger partial charge in [0.1, 0.15) is 5.60 Å². The van der Waals surface area contributed by atoms with Gasteiger partial charge in [-0.05, 0) is 62.7 Å². The van der Waals surface area contributed by atoms with Crippen molar-refractivity contribution in [3.8, 4) is 28.3 Å². The number of nitrogens with one attached hydrogen (secondary N) is 2. The Labute approximate surface area is 230 Å². The van der Waals surface area contributed by atoms with E-state index in [4.69, 9.17) is 44.5 Å². The highest BCUT2D eigenvalue weighted by molar-refractivity contribution is 6.36. The number of carbonyl (C=O) groups is 1. The van der Waals surface area contributed by atoms with Gasteiger partial charge in [0.05, 0.1) is 29.4 Å². The van der Waals surface area contributed by atoms with Crippen molar-refractivity contribution in [1.29, 1.82) is 0 Å². The number of aromatic nitrogens is 3. The third-order valence-electron chi connectivity index (χ3n) is 6.42. The number of halogens is 3. The molecule has 1 aliphatic heterocycles. The van der Waals surface area contributed by atoms with Crippen molar-refractivity contribution in [2.45, 2.75) is 45.3 Å². The number of fused-ring (bicyclic) bond motifs is 1. The highest BCUT2D eigenvalue weighted by atomic mass is 35.5. The molecule has 0 spiro atoms. The van der Waals surface area contributed by atoms with Crippen molar-refractivity contribution in [2.24, 2.45) is 0 Å². The molecule has 1 atom stereocenters. The average Bonchev–Trinajstić information content (AvgIpc) is 3.22. The number of nitrogens with zero attached hydrogens (tertiary/aromatic N) is 2. The lowest BCUT2D eigenvalue weighted by atomic mass is 9.88. The lowest BCUT2D eigenvalue weighted by Gasteiger charge is -2.37. The Morgan fingerprint density at radius 3 is 2.49 bits per heavy atom. The Hall–Kier alpha value is -3.06. The van der Waals surface area contributed by atoms with E-state index in [1.807, 2.05) is 57.2 Å². The van der Waals surface area contributed by atoms with Gasteiger partial charge in [-0.2, -0.15) is 5.10 Å². The Kier molecular flexibility index (Phi) is 6.92. The van der Waals surface area contributed by atoms with Gasteiger partial charge >= 0.3 is 0 Å². The van der Waals surface area contributed by atoms with E-state index >= 15 is 0 Å². The van der Waals surface area contributed by atoms with Crippen LogP contribution in [-0.4, -0.2) is 26.7 Å². The maximum Gasteiger partial charge on any atom is 0.225 e. The average molecular weight is 556 g/mol. The molecule has 0 unspecified atom stereocenters. The quantitative estimate of drug-likeness (QED) is 0.269. The van der Waals surface area contributed by atoms with Crippen molar-refractivity contribution in [2.75, 3.05) is 0 Å². The molecule has 1 amide bonds. The molecule has 2 N–H and O–H groups in total. The first-order valence-corrected chi connectivity index (χ1v) is 13.0. The number of hydrogen-bond acceptors (Lipinski definition) is 4. The van der Waals surface area contributed by atoms with E-state index in [9.17, 15) is 4.79 Å². The number of aromatic amines is 1. The fraction of sp³-hybridized carbons (Fsp3) is 0.250. The van der Waals surface area contributed by atoms with Crippen LogP contribution in [0.5, 0.6) is 5.88 Å². The maximum atomic E-state index is 13.1. The van der Waals surface area contributed by atoms with Gasteiger partial charge in [-0.1, -0.05) is 46.9 Å². The maximum absolute atomic E-state index is 13.1. The van der Waals surface area contributed by atoms with Gasteiger partial charge in [-0.3, -0.25) is 9.89 Å². The van der Waals surface area contributed by atoms with Crippen LogP contribution in [0.1, 0.15) is 43.1 Å². The van der Waals surface area contributed by atoms with Crippen molar-refractivity contribution in [3.05, 3.63) is 86.6 Å². The number of carbonyl (C=O) groups excluding carboxylic acids is 1. The molecule has 4 aromatic rings. The zero-order chi connectivity index (χ0) is 26.3. The predicted octanol–water partition coefficient (Wildman–Crippen LogP) is 7.37. The van der Waals surface area contributed by atoms with Crippen LogP contribution < -0.4 is 10.1 Å². The zero-order valence-electron chi connectivity index (χ0n) is 20.5. The van der Waals surface area contributed by atoms with Crippen molar-refractivity contribution in [3.63, 3.8) is 0 Å². The van der Waals surface area contributed by atoms with Crippen LogP contribution in [0.15, 0.2) is 54.7 Å². The first-order valence-electron chi connectivity index (χ1n) is 11.8. The highest BCUT2D eigenvalue weighted by Crippen LogP contribution is 2.44. The van der Waals surface area contributed by atoms with Crippen LogP contribution in [0.4, 0.5) is 0 Å². The largest absolute Gasteiger partial charge is 0.471 e. The van der Waals surface area contributed by atoms with Crippen LogP contribution in [0.25, 0.3) is 22.4 Å². The summed E-state index contributed by atoms with van der Waals surface area (Å²) < 4.78 is 6.32. The number of benzene rings is 2. The standard InChI is InChI=1S/C28H25Cl3N4O2/c1-15-17(14-32-35-15)10-25(36)33-24-13-28(2,3)37-27-22(24)12-21(16-4-6-18(29)7-5-16)26(34-27)20-9-8-19(30)11-23(20)31/h4-9,11-12,14,24H,10,13H2,1-3H3,(H,32,35)(H,33,36)/t24-/m1/s1. The number of hydrogen-bond donors (Lipinski definition) is 2. The minimum absolute atomic E-state index is 0.101. The summed E-state index contributed by atoms with van der Waals surface area (Å²) in [6, 6.07) is 14.6. The molecule has 0 aliphatic carbocycles. The van der Waals surface area contributed by atoms with E-state index in [0.717, 1.165) is 33.5 Å². The van der Waals surface area contributed by atoms with Gasteiger partial charge in [0.25, 0.3) is 0 Å². The summed E-state index contributed by atoms with van der Waals surface area (Å²) >= 11 is 19.0. The van der Waals surface area contributed by atoms with E-state index in [1.165, 1.54) is 0 Å². The molecule has 2 aromatic carbocycles. The summed E-state index contributed by atoms with van der Waals surface area (Å²) in [5.41, 5.74) is 5.11. The highest BCUT2D eigenvalue weighted by Gasteiger charge is 2.37. The fourth-order valence-electron chi connectivity index (χ4n) is 4.59. The monoisotopic (exact) mass is 554 g/mol. The van der Waals surface area contributed by atoms with Gasteiger partial charge in [0, 0.05) is 44.4 Å². The summed E-state index contributed by atoms with van der Waals surface area (Å²) in [6.07, 6.45) is 2.49. The number of H-pyrrole nitrogens is 1. The Morgan fingerprint density at radius 1 is 1.08 bits per heavy atom. The zero-order valence-corrected chi connectivity index (χ0v) is 22.8. The van der Waals surface area contributed by atoms with Crippen molar-refractivity contribution >= 4 is 40.7 Å². The molecule has 37 heavy (non-hydrogen) atoms. The number of aryl methyl sites for hydroxylation is 1. The lowest BCUT2D eigenvalue weighted by Crippen LogP contribution is -2.42. The number of pyridine rings is 1. The van der Waals surface area contributed by atoms with Crippen LogP contribution in [-0.2, 0) is 11.2 Å². The minimum Gasteiger partial charge on any atom is -0.471 e. The van der Waals surface area contributed by atoms with Gasteiger partial charge in [-0.15, -0.1) is 0 Å². The number of ether oxygens (including phenoxy) is 1. The van der Waals surface area contributed by atoms with Crippen LogP contribution >= 0.6 is 34.8 Å². The van der Waals surface area contributed by atoms with Crippen LogP contribution in [0.2, 0.25) is 15.1 Å². The van der Waals surface area contributed by atoms with Gasteiger partial charge < -0.3 is 10.1 Å². The topological polar surface area (TPSA) is 79.9 Å². The lowest BCUT2D eigenvalue weighted by molar-refractivity contribution is -0.121. The smallest absolute Gasteiger partial charge is 0.225 e. The predicted molar refractivity (Wildman–Crippen MR) is 147 cm³/mol. The Morgan fingerprint density at radius 2 is 1.81 bits per heavy atom. The summed E-state index contributed by atoms with van der Waals surface area (Å²) in [4.78, 5) is 18.0. The van der Waals surface area contributed by atoms with E-state index in [-0.39, 0.29) is 18.4 Å². The van der Waals surface area contributed by atoms with Gasteiger partial charge in [0.2, 0.25) is 11.8 Å². The molecule has 0 bridgehead atoms. The molecule has 5 rings (SSSR count). The minimum atomic E-state index is -0.549. The van der Waals surface area contributed by atoms with Crippen molar-refractivity contribution < 1.29 is 9.53 Å². The number of amides is 1. The third-order valence-corrected chi connectivity index (χ3v) is 7.22. The molecule has 1 aliphatic rings. The SMILES string of the molecule is Cc1[nH]ncc1CC(=O)N[C@@H]1CC(C)(C)Oc2nc(-c3ccc(Cl)cc3Cl)c(-c3ccc(Cl)cc3)cc21. The van der Waals surface area contributed by atoms with Crippen LogP contribution in [0.3, 0.4) is 0 Å². The summed E-state index contributed by atoms with van der Waals surface area (Å²) in [5.74, 6) is 0.357. The second-order valence-corrected chi connectivity index (χ2v) is 11.1. The third kappa shape index (κ3) is 5.47. The molecule has 9 heteroatoms. The summed E-state index contributed by atoms with van der Waals surface area (Å²) in [7, 11) is 0. The molecule has 190 valence electrons. The van der Waals surface area contributed by atoms with E-state index in [0.29, 0.717) is 33.1 Å². The fourth-order valence-corrected chi connectivity index (χ4v) is 5.21. The number of rotatable bonds is 5. The molecule has 0 saturated heterocycles. The van der Waals surface area contributed by atoms with E-state index in [1.54, 1.807) is 18.3 Å². The Balaban J connectivity index is 1.61. The molecular formula is C28H25Cl3N4O2.